The molecular formula is C19H18ClN3OS. The van der Waals surface area contributed by atoms with E-state index in [1.807, 2.05) is 6.07 Å². The minimum atomic E-state index is -0.253. The van der Waals surface area contributed by atoms with Crippen LogP contribution in [0.4, 0.5) is 11.6 Å². The topological polar surface area (TPSA) is 68.0 Å². The van der Waals surface area contributed by atoms with Crippen LogP contribution in [0.1, 0.15) is 27.7 Å². The van der Waals surface area contributed by atoms with Crippen molar-refractivity contribution in [3.8, 4) is 10.4 Å². The lowest BCUT2D eigenvalue weighted by Crippen LogP contribution is -2.13. The summed E-state index contributed by atoms with van der Waals surface area (Å²) in [6.07, 6.45) is 0.994. The van der Waals surface area contributed by atoms with E-state index in [2.05, 4.69) is 30.2 Å². The molecule has 4 nitrogen and oxygen atoms in total. The maximum absolute atomic E-state index is 12.3. The molecule has 1 aromatic carbocycles. The van der Waals surface area contributed by atoms with E-state index in [1.165, 1.54) is 10.4 Å². The van der Waals surface area contributed by atoms with E-state index < -0.39 is 0 Å². The van der Waals surface area contributed by atoms with Crippen LogP contribution in [-0.2, 0) is 6.42 Å². The van der Waals surface area contributed by atoms with E-state index in [4.69, 9.17) is 17.3 Å². The van der Waals surface area contributed by atoms with Crippen LogP contribution in [0.3, 0.4) is 0 Å². The van der Waals surface area contributed by atoms with Gasteiger partial charge in [-0.25, -0.2) is 4.98 Å². The summed E-state index contributed by atoms with van der Waals surface area (Å²) in [5, 5.41) is 3.34. The fourth-order valence-corrected chi connectivity index (χ4v) is 3.79. The molecule has 25 heavy (non-hydrogen) atoms. The van der Waals surface area contributed by atoms with Gasteiger partial charge in [0.2, 0.25) is 0 Å². The molecule has 3 N–H and O–H groups in total. The SMILES string of the molecule is CCc1cc(C)c(-c2ccc(NC(=O)c3ccc(Cl)cc3)nc2N)s1. The molecule has 128 valence electrons. The van der Waals surface area contributed by atoms with Crippen molar-refractivity contribution in [1.82, 2.24) is 4.98 Å². The van der Waals surface area contributed by atoms with Crippen molar-refractivity contribution >= 4 is 40.5 Å². The number of hydrogen-bond acceptors (Lipinski definition) is 4. The van der Waals surface area contributed by atoms with Crippen LogP contribution in [0.15, 0.2) is 42.5 Å². The van der Waals surface area contributed by atoms with Crippen LogP contribution >= 0.6 is 22.9 Å². The van der Waals surface area contributed by atoms with Gasteiger partial charge in [0.25, 0.3) is 5.91 Å². The standard InChI is InChI=1S/C19H18ClN3OS/c1-3-14-10-11(2)17(25-14)15-8-9-16(22-18(15)21)23-19(24)12-4-6-13(20)7-5-12/h4-10H,3H2,1-2H3,(H3,21,22,23,24). The lowest BCUT2D eigenvalue weighted by molar-refractivity contribution is 0.102. The van der Waals surface area contributed by atoms with Crippen molar-refractivity contribution in [2.75, 3.05) is 11.1 Å². The lowest BCUT2D eigenvalue weighted by Gasteiger charge is -2.09. The summed E-state index contributed by atoms with van der Waals surface area (Å²) in [6.45, 7) is 4.20. The van der Waals surface area contributed by atoms with E-state index in [0.29, 0.717) is 22.2 Å². The number of amides is 1. The number of aryl methyl sites for hydroxylation is 2. The number of carbonyl (C=O) groups excluding carboxylic acids is 1. The van der Waals surface area contributed by atoms with Gasteiger partial charge in [-0.15, -0.1) is 11.3 Å². The number of thiophene rings is 1. The largest absolute Gasteiger partial charge is 0.383 e. The fraction of sp³-hybridized carbons (Fsp3) is 0.158. The van der Waals surface area contributed by atoms with E-state index in [-0.39, 0.29) is 5.91 Å². The van der Waals surface area contributed by atoms with Crippen molar-refractivity contribution in [2.24, 2.45) is 0 Å². The maximum Gasteiger partial charge on any atom is 0.256 e. The Morgan fingerprint density at radius 2 is 1.96 bits per heavy atom. The van der Waals surface area contributed by atoms with E-state index >= 15 is 0 Å². The predicted molar refractivity (Wildman–Crippen MR) is 105 cm³/mol. The van der Waals surface area contributed by atoms with Crippen LogP contribution < -0.4 is 11.1 Å². The quantitative estimate of drug-likeness (QED) is 0.664. The Morgan fingerprint density at radius 3 is 2.56 bits per heavy atom. The number of nitrogens with zero attached hydrogens (tertiary/aromatic N) is 1. The molecule has 0 aliphatic heterocycles. The Balaban J connectivity index is 1.83. The molecule has 3 aromatic rings. The van der Waals surface area contributed by atoms with Gasteiger partial charge in [-0.1, -0.05) is 18.5 Å². The van der Waals surface area contributed by atoms with Crippen LogP contribution in [0.5, 0.6) is 0 Å². The normalized spacial score (nSPS) is 10.7. The summed E-state index contributed by atoms with van der Waals surface area (Å²) in [5.74, 6) is 0.574. The summed E-state index contributed by atoms with van der Waals surface area (Å²) >= 11 is 7.56. The van der Waals surface area contributed by atoms with Crippen LogP contribution in [0.2, 0.25) is 5.02 Å². The summed E-state index contributed by atoms with van der Waals surface area (Å²) in [6, 6.07) is 12.5. The Morgan fingerprint density at radius 1 is 1.24 bits per heavy atom. The van der Waals surface area contributed by atoms with Gasteiger partial charge in [-0.3, -0.25) is 4.79 Å². The van der Waals surface area contributed by atoms with Gasteiger partial charge in [-0.2, -0.15) is 0 Å². The highest BCUT2D eigenvalue weighted by Gasteiger charge is 2.13. The second-order valence-electron chi connectivity index (χ2n) is 5.67. The highest BCUT2D eigenvalue weighted by Crippen LogP contribution is 2.35. The molecule has 0 fully saturated rings. The molecule has 2 heterocycles. The van der Waals surface area contributed by atoms with E-state index in [9.17, 15) is 4.79 Å². The smallest absolute Gasteiger partial charge is 0.256 e. The van der Waals surface area contributed by atoms with Gasteiger partial charge in [0.1, 0.15) is 11.6 Å². The molecule has 3 rings (SSSR count). The van der Waals surface area contributed by atoms with Crippen molar-refractivity contribution in [2.45, 2.75) is 20.3 Å². The number of aromatic nitrogens is 1. The fourth-order valence-electron chi connectivity index (χ4n) is 2.52. The number of rotatable bonds is 4. The first-order chi connectivity index (χ1) is 12.0. The number of nitrogens with two attached hydrogens (primary N) is 1. The Kier molecular flexibility index (Phi) is 5.06. The molecule has 0 saturated carbocycles. The van der Waals surface area contributed by atoms with Gasteiger partial charge in [-0.05, 0) is 61.4 Å². The predicted octanol–water partition coefficient (Wildman–Crippen LogP) is 5.17. The molecule has 0 saturated heterocycles. The molecule has 0 aliphatic carbocycles. The van der Waals surface area contributed by atoms with Gasteiger partial charge >= 0.3 is 0 Å². The zero-order valence-corrected chi connectivity index (χ0v) is 15.5. The van der Waals surface area contributed by atoms with Crippen molar-refractivity contribution in [3.05, 3.63) is 63.5 Å². The third-order valence-electron chi connectivity index (χ3n) is 3.83. The van der Waals surface area contributed by atoms with Gasteiger partial charge in [0, 0.05) is 25.9 Å². The first-order valence-corrected chi connectivity index (χ1v) is 9.10. The van der Waals surface area contributed by atoms with Crippen LogP contribution in [0.25, 0.3) is 10.4 Å². The molecule has 0 atom stereocenters. The molecular weight excluding hydrogens is 354 g/mol. The zero-order chi connectivity index (χ0) is 18.0. The maximum atomic E-state index is 12.3. The first kappa shape index (κ1) is 17.5. The molecule has 0 spiro atoms. The number of benzene rings is 1. The number of carbonyl (C=O) groups is 1. The van der Waals surface area contributed by atoms with Crippen molar-refractivity contribution < 1.29 is 4.79 Å². The van der Waals surface area contributed by atoms with Gasteiger partial charge in [0.05, 0.1) is 0 Å². The Bertz CT molecular complexity index is 919. The molecule has 0 bridgehead atoms. The monoisotopic (exact) mass is 371 g/mol. The van der Waals surface area contributed by atoms with Crippen LogP contribution in [0, 0.1) is 6.92 Å². The lowest BCUT2D eigenvalue weighted by atomic mass is 10.1. The number of nitrogen functional groups attached to an aromatic ring is 1. The molecule has 0 radical (unpaired) electrons. The highest BCUT2D eigenvalue weighted by molar-refractivity contribution is 7.15. The number of pyridine rings is 1. The van der Waals surface area contributed by atoms with Crippen LogP contribution in [-0.4, -0.2) is 10.9 Å². The molecule has 6 heteroatoms. The zero-order valence-electron chi connectivity index (χ0n) is 14.0. The third kappa shape index (κ3) is 3.83. The van der Waals surface area contributed by atoms with E-state index in [0.717, 1.165) is 16.9 Å². The Hall–Kier alpha value is -2.37. The molecule has 0 unspecified atom stereocenters. The molecule has 2 aromatic heterocycles. The van der Waals surface area contributed by atoms with Gasteiger partial charge < -0.3 is 11.1 Å². The second kappa shape index (κ2) is 7.25. The Labute approximate surface area is 155 Å². The minimum Gasteiger partial charge on any atom is -0.383 e. The number of halogens is 1. The minimum absolute atomic E-state index is 0.253. The van der Waals surface area contributed by atoms with Crippen molar-refractivity contribution in [3.63, 3.8) is 0 Å². The average Bonchev–Trinajstić information content (AvgIpc) is 2.96. The van der Waals surface area contributed by atoms with Crippen molar-refractivity contribution in [1.29, 1.82) is 0 Å². The van der Waals surface area contributed by atoms with Gasteiger partial charge in [0.15, 0.2) is 0 Å². The summed E-state index contributed by atoms with van der Waals surface area (Å²) < 4.78 is 0. The molecule has 1 amide bonds. The number of hydrogen-bond donors (Lipinski definition) is 2. The summed E-state index contributed by atoms with van der Waals surface area (Å²) in [4.78, 5) is 19.0. The summed E-state index contributed by atoms with van der Waals surface area (Å²) in [5.41, 5.74) is 8.73. The third-order valence-corrected chi connectivity index (χ3v) is 5.50. The first-order valence-electron chi connectivity index (χ1n) is 7.91. The average molecular weight is 372 g/mol. The second-order valence-corrected chi connectivity index (χ2v) is 7.24. The summed E-state index contributed by atoms with van der Waals surface area (Å²) in [7, 11) is 0. The number of nitrogens with one attached hydrogen (secondary N) is 1. The molecule has 0 aliphatic rings. The number of anilines is 2. The van der Waals surface area contributed by atoms with E-state index in [1.54, 1.807) is 41.7 Å². The highest BCUT2D eigenvalue weighted by atomic mass is 35.5.